The highest BCUT2D eigenvalue weighted by Gasteiger charge is 2.46. The molecule has 4 heteroatoms. The lowest BCUT2D eigenvalue weighted by Gasteiger charge is -2.47. The first-order valence-corrected chi connectivity index (χ1v) is 10.6. The summed E-state index contributed by atoms with van der Waals surface area (Å²) in [4.78, 5) is 12.2. The number of unbranched alkanes of at least 4 members (excludes halogenated alkanes) is 2. The summed E-state index contributed by atoms with van der Waals surface area (Å²) in [5.41, 5.74) is 1.42. The Bertz CT molecular complexity index is 792. The summed E-state index contributed by atoms with van der Waals surface area (Å²) < 4.78 is 6.36. The number of ether oxygens (including phenoxy) is 1. The van der Waals surface area contributed by atoms with Crippen LogP contribution in [-0.2, 0) is 10.2 Å². The van der Waals surface area contributed by atoms with Crippen molar-refractivity contribution in [1.82, 2.24) is 0 Å². The number of hydrogen-bond donors (Lipinski definition) is 2. The van der Waals surface area contributed by atoms with Gasteiger partial charge in [-0.2, -0.15) is 0 Å². The topological polar surface area (TPSA) is 66.8 Å². The standard InChI is InChI=1S/C24H34O4/c1-6-7-8-11-24(5,22(26)27)16-13-19(25)21-17-12-15(2)9-10-18(17)23(3,4)28-20(21)14-16/h9,13-14,17-18,25H,6-8,10-12H2,1-5H3,(H,26,27)/t17-,18+,24?/m1/s1. The molecule has 1 unspecified atom stereocenters. The Morgan fingerprint density at radius 3 is 2.68 bits per heavy atom. The third-order valence-electron chi connectivity index (χ3n) is 6.89. The molecule has 3 rings (SSSR count). The van der Waals surface area contributed by atoms with E-state index in [0.29, 0.717) is 23.7 Å². The smallest absolute Gasteiger partial charge is 0.313 e. The first kappa shape index (κ1) is 20.8. The van der Waals surface area contributed by atoms with E-state index >= 15 is 0 Å². The van der Waals surface area contributed by atoms with Crippen molar-refractivity contribution in [3.63, 3.8) is 0 Å². The van der Waals surface area contributed by atoms with Crippen molar-refractivity contribution < 1.29 is 19.7 Å². The van der Waals surface area contributed by atoms with Gasteiger partial charge in [-0.3, -0.25) is 4.79 Å². The zero-order valence-electron chi connectivity index (χ0n) is 17.8. The normalized spacial score (nSPS) is 25.0. The van der Waals surface area contributed by atoms with Crippen molar-refractivity contribution in [2.24, 2.45) is 5.92 Å². The number of phenols is 1. The van der Waals surface area contributed by atoms with Crippen LogP contribution >= 0.6 is 0 Å². The van der Waals surface area contributed by atoms with Crippen LogP contribution in [-0.4, -0.2) is 21.8 Å². The second-order valence-corrected chi connectivity index (χ2v) is 9.41. The maximum Gasteiger partial charge on any atom is 0.313 e. The highest BCUT2D eigenvalue weighted by atomic mass is 16.5. The summed E-state index contributed by atoms with van der Waals surface area (Å²) in [5.74, 6) is 0.478. The van der Waals surface area contributed by atoms with E-state index < -0.39 is 11.4 Å². The maximum absolute atomic E-state index is 12.2. The Morgan fingerprint density at radius 2 is 2.04 bits per heavy atom. The van der Waals surface area contributed by atoms with Crippen LogP contribution in [0, 0.1) is 5.92 Å². The first-order chi connectivity index (χ1) is 13.1. The predicted molar refractivity (Wildman–Crippen MR) is 111 cm³/mol. The molecule has 28 heavy (non-hydrogen) atoms. The number of phenolic OH excluding ortho intramolecular Hbond substituents is 1. The van der Waals surface area contributed by atoms with Crippen molar-refractivity contribution in [3.8, 4) is 11.5 Å². The highest BCUT2D eigenvalue weighted by Crippen LogP contribution is 2.55. The van der Waals surface area contributed by atoms with Gasteiger partial charge in [0.25, 0.3) is 0 Å². The van der Waals surface area contributed by atoms with Crippen molar-refractivity contribution in [2.45, 2.75) is 90.1 Å². The number of allylic oxidation sites excluding steroid dienone is 2. The number of rotatable bonds is 6. The van der Waals surface area contributed by atoms with Gasteiger partial charge in [-0.1, -0.05) is 37.8 Å². The van der Waals surface area contributed by atoms with Crippen molar-refractivity contribution >= 4 is 5.97 Å². The average molecular weight is 387 g/mol. The van der Waals surface area contributed by atoms with Crippen LogP contribution in [0.1, 0.15) is 90.2 Å². The molecule has 0 spiro atoms. The number of aliphatic carboxylic acids is 1. The Hall–Kier alpha value is -1.97. The molecule has 0 amide bonds. The lowest BCUT2D eigenvalue weighted by atomic mass is 9.66. The Balaban J connectivity index is 2.06. The molecule has 2 N–H and O–H groups in total. The molecular formula is C24H34O4. The zero-order valence-corrected chi connectivity index (χ0v) is 17.8. The van der Waals surface area contributed by atoms with E-state index in [2.05, 4.69) is 33.8 Å². The van der Waals surface area contributed by atoms with E-state index in [4.69, 9.17) is 4.74 Å². The number of aromatic hydroxyl groups is 1. The summed E-state index contributed by atoms with van der Waals surface area (Å²) in [6, 6.07) is 3.55. The van der Waals surface area contributed by atoms with Crippen LogP contribution < -0.4 is 4.74 Å². The minimum absolute atomic E-state index is 0.177. The predicted octanol–water partition coefficient (Wildman–Crippen LogP) is 5.93. The first-order valence-electron chi connectivity index (χ1n) is 10.6. The molecule has 0 bridgehead atoms. The quantitative estimate of drug-likeness (QED) is 0.470. The van der Waals surface area contributed by atoms with Crippen LogP contribution in [0.3, 0.4) is 0 Å². The Kier molecular flexibility index (Phi) is 5.53. The molecule has 2 aliphatic rings. The van der Waals surface area contributed by atoms with E-state index in [1.54, 1.807) is 13.0 Å². The van der Waals surface area contributed by atoms with Gasteiger partial charge >= 0.3 is 5.97 Å². The highest BCUT2D eigenvalue weighted by molar-refractivity contribution is 5.81. The Morgan fingerprint density at radius 1 is 1.32 bits per heavy atom. The van der Waals surface area contributed by atoms with Gasteiger partial charge < -0.3 is 14.9 Å². The maximum atomic E-state index is 12.2. The molecule has 1 aliphatic heterocycles. The summed E-state index contributed by atoms with van der Waals surface area (Å²) in [5, 5.41) is 20.9. The zero-order chi connectivity index (χ0) is 20.7. The summed E-state index contributed by atoms with van der Waals surface area (Å²) >= 11 is 0. The number of carboxylic acid groups (broad SMARTS) is 1. The van der Waals surface area contributed by atoms with Gasteiger partial charge in [0.2, 0.25) is 0 Å². The molecule has 0 fully saturated rings. The fraction of sp³-hybridized carbons (Fsp3) is 0.625. The second kappa shape index (κ2) is 7.46. The van der Waals surface area contributed by atoms with Crippen LogP contribution in [0.25, 0.3) is 0 Å². The number of fused-ring (bicyclic) bond motifs is 3. The van der Waals surface area contributed by atoms with Gasteiger partial charge in [0.1, 0.15) is 17.1 Å². The lowest BCUT2D eigenvalue weighted by molar-refractivity contribution is -0.143. The molecule has 0 radical (unpaired) electrons. The van der Waals surface area contributed by atoms with Gasteiger partial charge in [0, 0.05) is 17.4 Å². The number of benzene rings is 1. The fourth-order valence-corrected chi connectivity index (χ4v) is 4.99. The lowest BCUT2D eigenvalue weighted by Crippen LogP contribution is -2.45. The monoisotopic (exact) mass is 386 g/mol. The molecule has 1 aromatic rings. The van der Waals surface area contributed by atoms with E-state index in [1.807, 2.05) is 6.07 Å². The van der Waals surface area contributed by atoms with E-state index in [0.717, 1.165) is 37.7 Å². The van der Waals surface area contributed by atoms with Crippen molar-refractivity contribution in [1.29, 1.82) is 0 Å². The molecular weight excluding hydrogens is 352 g/mol. The SMILES string of the molecule is CCCCCC(C)(C(=O)O)c1cc(O)c2c(c1)OC(C)(C)[C@H]1CC=C(C)C[C@@H]21. The van der Waals surface area contributed by atoms with Crippen molar-refractivity contribution in [2.75, 3.05) is 0 Å². The van der Waals surface area contributed by atoms with Crippen LogP contribution in [0.4, 0.5) is 0 Å². The average Bonchev–Trinajstić information content (AvgIpc) is 2.60. The molecule has 1 aliphatic carbocycles. The van der Waals surface area contributed by atoms with Crippen LogP contribution in [0.15, 0.2) is 23.8 Å². The van der Waals surface area contributed by atoms with Crippen LogP contribution in [0.5, 0.6) is 11.5 Å². The molecule has 1 heterocycles. The summed E-state index contributed by atoms with van der Waals surface area (Å²) in [7, 11) is 0. The molecule has 0 aromatic heterocycles. The minimum Gasteiger partial charge on any atom is -0.508 e. The van der Waals surface area contributed by atoms with E-state index in [1.165, 1.54) is 5.57 Å². The largest absolute Gasteiger partial charge is 0.508 e. The molecule has 4 nitrogen and oxygen atoms in total. The fourth-order valence-electron chi connectivity index (χ4n) is 4.99. The van der Waals surface area contributed by atoms with Gasteiger partial charge in [-0.15, -0.1) is 0 Å². The molecule has 3 atom stereocenters. The van der Waals surface area contributed by atoms with Crippen molar-refractivity contribution in [3.05, 3.63) is 34.9 Å². The van der Waals surface area contributed by atoms with Crippen LogP contribution in [0.2, 0.25) is 0 Å². The van der Waals surface area contributed by atoms with E-state index in [9.17, 15) is 15.0 Å². The minimum atomic E-state index is -1.03. The third-order valence-corrected chi connectivity index (χ3v) is 6.89. The number of hydrogen-bond acceptors (Lipinski definition) is 3. The van der Waals surface area contributed by atoms with E-state index in [-0.39, 0.29) is 17.3 Å². The molecule has 0 saturated heterocycles. The molecule has 0 saturated carbocycles. The van der Waals surface area contributed by atoms with Gasteiger partial charge in [-0.05, 0) is 64.7 Å². The second-order valence-electron chi connectivity index (χ2n) is 9.41. The molecule has 1 aromatic carbocycles. The van der Waals surface area contributed by atoms with Gasteiger partial charge in [0.05, 0.1) is 5.41 Å². The summed E-state index contributed by atoms with van der Waals surface area (Å²) in [6.07, 6.45) is 7.55. The number of carboxylic acids is 1. The third kappa shape index (κ3) is 3.54. The number of carbonyl (C=O) groups is 1. The summed E-state index contributed by atoms with van der Waals surface area (Å²) in [6.45, 7) is 10.2. The van der Waals surface area contributed by atoms with Gasteiger partial charge in [0.15, 0.2) is 0 Å². The van der Waals surface area contributed by atoms with Gasteiger partial charge in [-0.25, -0.2) is 0 Å². The Labute approximate surface area is 168 Å². The molecule has 154 valence electrons.